The molecule has 7 nitrogen and oxygen atoms in total. The van der Waals surface area contributed by atoms with Crippen molar-refractivity contribution in [1.82, 2.24) is 4.90 Å². The van der Waals surface area contributed by atoms with Gasteiger partial charge in [0.2, 0.25) is 17.7 Å². The molecular formula is C38H32Cl2N2O5. The second kappa shape index (κ2) is 11.7. The lowest BCUT2D eigenvalue weighted by Gasteiger charge is -2.54. The van der Waals surface area contributed by atoms with Crippen molar-refractivity contribution in [2.75, 3.05) is 11.9 Å². The van der Waals surface area contributed by atoms with Crippen LogP contribution in [0, 0.1) is 17.8 Å². The molecule has 0 unspecified atom stereocenters. The van der Waals surface area contributed by atoms with Crippen LogP contribution in [0.1, 0.15) is 52.0 Å². The molecule has 4 aromatic rings. The minimum Gasteiger partial charge on any atom is -0.462 e. The van der Waals surface area contributed by atoms with Gasteiger partial charge in [0.1, 0.15) is 15.8 Å². The summed E-state index contributed by atoms with van der Waals surface area (Å²) in [4.78, 5) is 54.3. The molecule has 1 N–H and O–H groups in total. The number of rotatable bonds is 8. The third kappa shape index (κ3) is 4.78. The SMILES string of the molecule is CC(C)COC(=O)c1ccc(NC(=O)[C@@H](Cc2ccccc2)N2C(=O)[C@@H]3[C@H](C2=O)C2(Cl)c4ccccc4C3(Cl)c3ccccc32)cc1. The summed E-state index contributed by atoms with van der Waals surface area (Å²) in [5.41, 5.74) is 4.26. The van der Waals surface area contributed by atoms with Crippen LogP contribution in [-0.2, 0) is 35.3 Å². The molecule has 3 atom stereocenters. The number of carbonyl (C=O) groups is 4. The monoisotopic (exact) mass is 666 g/mol. The Morgan fingerprint density at radius 3 is 1.68 bits per heavy atom. The number of alkyl halides is 2. The highest BCUT2D eigenvalue weighted by molar-refractivity contribution is 6.36. The molecule has 8 rings (SSSR count). The van der Waals surface area contributed by atoms with Crippen LogP contribution in [0.5, 0.6) is 0 Å². The highest BCUT2D eigenvalue weighted by atomic mass is 35.5. The van der Waals surface area contributed by atoms with Crippen molar-refractivity contribution in [2.24, 2.45) is 17.8 Å². The number of esters is 1. The zero-order valence-corrected chi connectivity index (χ0v) is 27.3. The average Bonchev–Trinajstić information content (AvgIpc) is 3.36. The number of carbonyl (C=O) groups excluding carboxylic acids is 4. The van der Waals surface area contributed by atoms with Crippen LogP contribution >= 0.6 is 23.2 Å². The molecule has 1 heterocycles. The fourth-order valence-corrected chi connectivity index (χ4v) is 8.47. The summed E-state index contributed by atoms with van der Waals surface area (Å²) < 4.78 is 5.31. The first-order valence-electron chi connectivity index (χ1n) is 15.6. The first kappa shape index (κ1) is 31.2. The maximum atomic E-state index is 14.7. The lowest BCUT2D eigenvalue weighted by atomic mass is 9.54. The molecule has 0 radical (unpaired) electrons. The summed E-state index contributed by atoms with van der Waals surface area (Å²) in [6.45, 7) is 4.19. The number of hydrogen-bond acceptors (Lipinski definition) is 5. The van der Waals surface area contributed by atoms with Gasteiger partial charge in [-0.3, -0.25) is 19.3 Å². The van der Waals surface area contributed by atoms with E-state index < -0.39 is 51.3 Å². The fourth-order valence-electron chi connectivity index (χ4n) is 7.38. The molecule has 238 valence electrons. The van der Waals surface area contributed by atoms with Gasteiger partial charge in [-0.1, -0.05) is 92.7 Å². The zero-order chi connectivity index (χ0) is 33.1. The summed E-state index contributed by atoms with van der Waals surface area (Å²) in [6, 6.07) is 29.2. The maximum Gasteiger partial charge on any atom is 0.338 e. The normalized spacial score (nSPS) is 24.4. The van der Waals surface area contributed by atoms with Crippen LogP contribution in [-0.4, -0.2) is 41.2 Å². The van der Waals surface area contributed by atoms with Crippen molar-refractivity contribution in [3.05, 3.63) is 137 Å². The van der Waals surface area contributed by atoms with E-state index in [1.54, 1.807) is 24.3 Å². The van der Waals surface area contributed by atoms with E-state index in [1.807, 2.05) is 92.7 Å². The van der Waals surface area contributed by atoms with Crippen molar-refractivity contribution in [3.8, 4) is 0 Å². The Hall–Kier alpha value is -4.46. The Balaban J connectivity index is 1.26. The van der Waals surface area contributed by atoms with E-state index in [2.05, 4.69) is 5.32 Å². The van der Waals surface area contributed by atoms with Crippen molar-refractivity contribution < 1.29 is 23.9 Å². The van der Waals surface area contributed by atoms with Crippen LogP contribution in [0.3, 0.4) is 0 Å². The van der Waals surface area contributed by atoms with Gasteiger partial charge in [-0.05, 0) is 58.0 Å². The minimum atomic E-state index is -1.36. The first-order chi connectivity index (χ1) is 22.6. The van der Waals surface area contributed by atoms with Crippen LogP contribution < -0.4 is 5.32 Å². The predicted octanol–water partition coefficient (Wildman–Crippen LogP) is 6.64. The van der Waals surface area contributed by atoms with Gasteiger partial charge in [-0.2, -0.15) is 0 Å². The number of likely N-dealkylation sites (tertiary alicyclic amines) is 1. The highest BCUT2D eigenvalue weighted by Gasteiger charge is 2.73. The second-order valence-electron chi connectivity index (χ2n) is 12.8. The molecule has 1 aliphatic heterocycles. The molecule has 2 bridgehead atoms. The molecule has 47 heavy (non-hydrogen) atoms. The summed E-state index contributed by atoms with van der Waals surface area (Å²) in [7, 11) is 0. The Bertz CT molecular complexity index is 1790. The van der Waals surface area contributed by atoms with Crippen molar-refractivity contribution in [1.29, 1.82) is 0 Å². The molecule has 4 aromatic carbocycles. The van der Waals surface area contributed by atoms with E-state index in [4.69, 9.17) is 27.9 Å². The molecule has 0 saturated carbocycles. The van der Waals surface area contributed by atoms with Crippen molar-refractivity contribution in [2.45, 2.75) is 36.1 Å². The number of benzene rings is 4. The van der Waals surface area contributed by atoms with Gasteiger partial charge in [-0.25, -0.2) is 4.79 Å². The highest BCUT2D eigenvalue weighted by Crippen LogP contribution is 2.69. The zero-order valence-electron chi connectivity index (χ0n) is 25.8. The first-order valence-corrected chi connectivity index (χ1v) is 16.4. The van der Waals surface area contributed by atoms with E-state index in [1.165, 1.54) is 0 Å². The number of imide groups is 1. The largest absolute Gasteiger partial charge is 0.462 e. The molecule has 4 aliphatic rings. The summed E-state index contributed by atoms with van der Waals surface area (Å²) in [5, 5.41) is 2.87. The number of nitrogens with one attached hydrogen (secondary N) is 1. The van der Waals surface area contributed by atoms with E-state index in [9.17, 15) is 19.2 Å². The van der Waals surface area contributed by atoms with Gasteiger partial charge in [0.15, 0.2) is 0 Å². The predicted molar refractivity (Wildman–Crippen MR) is 179 cm³/mol. The van der Waals surface area contributed by atoms with Gasteiger partial charge in [-0.15, -0.1) is 23.2 Å². The average molecular weight is 668 g/mol. The molecular weight excluding hydrogens is 635 g/mol. The lowest BCUT2D eigenvalue weighted by molar-refractivity contribution is -0.146. The third-order valence-corrected chi connectivity index (χ3v) is 10.7. The summed E-state index contributed by atoms with van der Waals surface area (Å²) in [6.07, 6.45) is 0.0771. The third-order valence-electron chi connectivity index (χ3n) is 9.44. The fraction of sp³-hybridized carbons (Fsp3) is 0.263. The van der Waals surface area contributed by atoms with Crippen molar-refractivity contribution in [3.63, 3.8) is 0 Å². The van der Waals surface area contributed by atoms with Crippen molar-refractivity contribution >= 4 is 52.6 Å². The minimum absolute atomic E-state index is 0.0771. The molecule has 3 amide bonds. The van der Waals surface area contributed by atoms with Gasteiger partial charge in [0.25, 0.3) is 0 Å². The Morgan fingerprint density at radius 1 is 0.745 bits per heavy atom. The standard InChI is InChI=1S/C38H32Cl2N2O5/c1-22(2)21-47-36(46)24-16-18-25(19-17-24)41-33(43)30(20-23-10-4-3-5-11-23)42-34(44)31-32(35(42)45)38(40)27-13-7-6-12-26(27)37(31,39)28-14-8-9-15-29(28)38/h3-19,22,30-32H,20-21H2,1-2H3,(H,41,43)/t30-,31-,32+,37?,38?/m1/s1. The summed E-state index contributed by atoms with van der Waals surface area (Å²) >= 11 is 15.2. The van der Waals surface area contributed by atoms with E-state index >= 15 is 0 Å². The summed E-state index contributed by atoms with van der Waals surface area (Å²) in [5.74, 6) is -3.95. The Morgan fingerprint density at radius 2 is 1.21 bits per heavy atom. The van der Waals surface area contributed by atoms with Gasteiger partial charge < -0.3 is 10.1 Å². The van der Waals surface area contributed by atoms with Gasteiger partial charge in [0.05, 0.1) is 24.0 Å². The number of nitrogens with zero attached hydrogens (tertiary/aromatic N) is 1. The van der Waals surface area contributed by atoms with E-state index in [0.717, 1.165) is 10.5 Å². The molecule has 1 fully saturated rings. The second-order valence-corrected chi connectivity index (χ2v) is 14.0. The molecule has 0 aromatic heterocycles. The maximum absolute atomic E-state index is 14.7. The van der Waals surface area contributed by atoms with E-state index in [-0.39, 0.29) is 12.3 Å². The van der Waals surface area contributed by atoms with Crippen LogP contribution in [0.2, 0.25) is 0 Å². The van der Waals surface area contributed by atoms with Crippen LogP contribution in [0.15, 0.2) is 103 Å². The van der Waals surface area contributed by atoms with Crippen LogP contribution in [0.4, 0.5) is 5.69 Å². The molecule has 0 spiro atoms. The molecule has 1 saturated heterocycles. The molecule has 9 heteroatoms. The quantitative estimate of drug-likeness (QED) is 0.129. The molecule has 3 aliphatic carbocycles. The topological polar surface area (TPSA) is 92.8 Å². The lowest BCUT2D eigenvalue weighted by Crippen LogP contribution is -2.57. The number of ether oxygens (including phenoxy) is 1. The Kier molecular flexibility index (Phi) is 7.72. The Labute approximate surface area is 282 Å². The van der Waals surface area contributed by atoms with E-state index in [0.29, 0.717) is 40.1 Å². The number of halogens is 2. The number of anilines is 1. The van der Waals surface area contributed by atoms with Gasteiger partial charge >= 0.3 is 5.97 Å². The smallest absolute Gasteiger partial charge is 0.338 e. The number of amides is 3. The van der Waals surface area contributed by atoms with Gasteiger partial charge in [0, 0.05) is 12.1 Å². The number of hydrogen-bond donors (Lipinski definition) is 1. The van der Waals surface area contributed by atoms with Crippen LogP contribution in [0.25, 0.3) is 0 Å².